The molecule has 0 bridgehead atoms. The molecule has 0 spiro atoms. The molecule has 0 unspecified atom stereocenters. The summed E-state index contributed by atoms with van der Waals surface area (Å²) >= 11 is 4.99. The third-order valence-corrected chi connectivity index (χ3v) is 2.17. The molecule has 0 N–H and O–H groups in total. The first-order valence-electron chi connectivity index (χ1n) is 3.44. The molecule has 0 aromatic carbocycles. The molecule has 10 heavy (non-hydrogen) atoms. The number of hydrogen-bond donors (Lipinski definition) is 0. The van der Waals surface area contributed by atoms with Crippen molar-refractivity contribution in [3.05, 3.63) is 23.3 Å². The molecule has 2 heteroatoms. The predicted octanol–water partition coefficient (Wildman–Crippen LogP) is 1.99. The van der Waals surface area contributed by atoms with E-state index >= 15 is 0 Å². The van der Waals surface area contributed by atoms with Crippen LogP contribution in [0, 0.1) is 0 Å². The van der Waals surface area contributed by atoms with Crippen molar-refractivity contribution in [2.75, 3.05) is 6.61 Å². The lowest BCUT2D eigenvalue weighted by atomic mass is 10.0. The second-order valence-electron chi connectivity index (χ2n) is 2.50. The Hall–Kier alpha value is -0.630. The van der Waals surface area contributed by atoms with E-state index in [0.29, 0.717) is 11.7 Å². The van der Waals surface area contributed by atoms with Gasteiger partial charge in [0.15, 0.2) is 5.05 Å². The minimum Gasteiger partial charge on any atom is -0.478 e. The zero-order valence-electron chi connectivity index (χ0n) is 5.59. The third kappa shape index (κ3) is 0.797. The first-order valence-corrected chi connectivity index (χ1v) is 3.85. The predicted molar refractivity (Wildman–Crippen MR) is 44.0 cm³/mol. The van der Waals surface area contributed by atoms with Crippen molar-refractivity contribution < 1.29 is 4.74 Å². The van der Waals surface area contributed by atoms with Crippen LogP contribution in [0.1, 0.15) is 12.8 Å². The van der Waals surface area contributed by atoms with Crippen LogP contribution in [0.5, 0.6) is 0 Å². The molecule has 0 atom stereocenters. The molecule has 2 aliphatic rings. The number of fused-ring (bicyclic) bond motifs is 1. The number of hydrogen-bond acceptors (Lipinski definition) is 2. The van der Waals surface area contributed by atoms with E-state index in [-0.39, 0.29) is 0 Å². The van der Waals surface area contributed by atoms with E-state index in [4.69, 9.17) is 17.0 Å². The molecule has 0 aromatic rings. The van der Waals surface area contributed by atoms with Gasteiger partial charge in [-0.25, -0.2) is 0 Å². The molecule has 1 saturated heterocycles. The molecule has 0 aromatic heterocycles. The molecule has 0 radical (unpaired) electrons. The van der Waals surface area contributed by atoms with Crippen LogP contribution in [0.15, 0.2) is 23.3 Å². The van der Waals surface area contributed by atoms with Crippen LogP contribution < -0.4 is 0 Å². The summed E-state index contributed by atoms with van der Waals surface area (Å²) in [4.78, 5) is 0. The van der Waals surface area contributed by atoms with E-state index in [9.17, 15) is 0 Å². The van der Waals surface area contributed by atoms with E-state index in [2.05, 4.69) is 12.2 Å². The second-order valence-corrected chi connectivity index (χ2v) is 2.87. The summed E-state index contributed by atoms with van der Waals surface area (Å²) in [5, 5.41) is 0.686. The lowest BCUT2D eigenvalue weighted by Crippen LogP contribution is -1.94. The molecule has 0 amide bonds. The van der Waals surface area contributed by atoms with E-state index < -0.39 is 0 Å². The van der Waals surface area contributed by atoms with Gasteiger partial charge in [0.1, 0.15) is 6.61 Å². The van der Waals surface area contributed by atoms with Gasteiger partial charge in [-0.15, -0.1) is 0 Å². The average Bonchev–Trinajstić information content (AvgIpc) is 2.34. The highest BCUT2D eigenvalue weighted by atomic mass is 32.1. The molecule has 1 fully saturated rings. The Bertz CT molecular complexity index is 238. The van der Waals surface area contributed by atoms with E-state index in [1.54, 1.807) is 0 Å². The van der Waals surface area contributed by atoms with E-state index in [1.807, 2.05) is 0 Å². The highest BCUT2D eigenvalue weighted by molar-refractivity contribution is 7.80. The summed E-state index contributed by atoms with van der Waals surface area (Å²) < 4.78 is 5.19. The number of ether oxygens (including phenoxy) is 1. The highest BCUT2D eigenvalue weighted by Gasteiger charge is 2.21. The van der Waals surface area contributed by atoms with Crippen molar-refractivity contribution in [2.45, 2.75) is 12.8 Å². The SMILES string of the molecule is S=C1OCC2=CCCC=C12. The van der Waals surface area contributed by atoms with Crippen molar-refractivity contribution in [1.82, 2.24) is 0 Å². The zero-order chi connectivity index (χ0) is 6.97. The molecular formula is C8H8OS. The Morgan fingerprint density at radius 2 is 2.10 bits per heavy atom. The van der Waals surface area contributed by atoms with Crippen molar-refractivity contribution in [3.63, 3.8) is 0 Å². The zero-order valence-corrected chi connectivity index (χ0v) is 6.41. The van der Waals surface area contributed by atoms with Crippen LogP contribution >= 0.6 is 12.2 Å². The van der Waals surface area contributed by atoms with Gasteiger partial charge in [0.05, 0.1) is 0 Å². The normalized spacial score (nSPS) is 23.0. The molecule has 1 heterocycles. The van der Waals surface area contributed by atoms with Gasteiger partial charge in [-0.1, -0.05) is 12.2 Å². The molecule has 1 aliphatic carbocycles. The number of allylic oxidation sites excluding steroid dienone is 2. The maximum Gasteiger partial charge on any atom is 0.191 e. The quantitative estimate of drug-likeness (QED) is 0.491. The Kier molecular flexibility index (Phi) is 1.34. The highest BCUT2D eigenvalue weighted by Crippen LogP contribution is 2.26. The van der Waals surface area contributed by atoms with E-state index in [0.717, 1.165) is 12.8 Å². The van der Waals surface area contributed by atoms with Gasteiger partial charge in [-0.3, -0.25) is 0 Å². The molecular weight excluding hydrogens is 144 g/mol. The lowest BCUT2D eigenvalue weighted by Gasteiger charge is -2.02. The number of thiocarbonyl (C=S) groups is 1. The van der Waals surface area contributed by atoms with Gasteiger partial charge in [0, 0.05) is 5.57 Å². The van der Waals surface area contributed by atoms with Crippen LogP contribution in [0.4, 0.5) is 0 Å². The first kappa shape index (κ1) is 6.10. The van der Waals surface area contributed by atoms with Gasteiger partial charge < -0.3 is 4.74 Å². The smallest absolute Gasteiger partial charge is 0.191 e. The summed E-state index contributed by atoms with van der Waals surface area (Å²) in [6.45, 7) is 0.699. The molecule has 1 aliphatic heterocycles. The van der Waals surface area contributed by atoms with Crippen LogP contribution in [-0.4, -0.2) is 11.7 Å². The maximum absolute atomic E-state index is 5.19. The molecule has 1 nitrogen and oxygen atoms in total. The van der Waals surface area contributed by atoms with E-state index in [1.165, 1.54) is 11.1 Å². The maximum atomic E-state index is 5.19. The summed E-state index contributed by atoms with van der Waals surface area (Å²) in [6.07, 6.45) is 6.65. The fourth-order valence-corrected chi connectivity index (χ4v) is 1.57. The first-order chi connectivity index (χ1) is 4.88. The fraction of sp³-hybridized carbons (Fsp3) is 0.375. The topological polar surface area (TPSA) is 9.23 Å². The van der Waals surface area contributed by atoms with Crippen molar-refractivity contribution in [1.29, 1.82) is 0 Å². The minimum atomic E-state index is 0.686. The third-order valence-electron chi connectivity index (χ3n) is 1.83. The van der Waals surface area contributed by atoms with Crippen LogP contribution in [0.3, 0.4) is 0 Å². The summed E-state index contributed by atoms with van der Waals surface area (Å²) in [7, 11) is 0. The summed E-state index contributed by atoms with van der Waals surface area (Å²) in [5.41, 5.74) is 2.46. The van der Waals surface area contributed by atoms with Gasteiger partial charge in [0.2, 0.25) is 0 Å². The molecule has 2 rings (SSSR count). The summed E-state index contributed by atoms with van der Waals surface area (Å²) in [5.74, 6) is 0. The van der Waals surface area contributed by atoms with Crippen LogP contribution in [-0.2, 0) is 4.74 Å². The van der Waals surface area contributed by atoms with Gasteiger partial charge >= 0.3 is 0 Å². The minimum absolute atomic E-state index is 0.686. The molecule has 52 valence electrons. The lowest BCUT2D eigenvalue weighted by molar-refractivity contribution is 0.375. The number of rotatable bonds is 0. The largest absolute Gasteiger partial charge is 0.478 e. The average molecular weight is 152 g/mol. The van der Waals surface area contributed by atoms with Crippen molar-refractivity contribution >= 4 is 17.3 Å². The Morgan fingerprint density at radius 3 is 2.90 bits per heavy atom. The Labute approximate surface area is 65.4 Å². The fourth-order valence-electron chi connectivity index (χ4n) is 1.30. The van der Waals surface area contributed by atoms with Crippen molar-refractivity contribution in [3.8, 4) is 0 Å². The van der Waals surface area contributed by atoms with Crippen LogP contribution in [0.2, 0.25) is 0 Å². The Morgan fingerprint density at radius 1 is 1.30 bits per heavy atom. The monoisotopic (exact) mass is 152 g/mol. The van der Waals surface area contributed by atoms with Crippen molar-refractivity contribution in [2.24, 2.45) is 0 Å². The Balaban J connectivity index is 2.39. The summed E-state index contributed by atoms with van der Waals surface area (Å²) in [6, 6.07) is 0. The van der Waals surface area contributed by atoms with Gasteiger partial charge in [-0.2, -0.15) is 0 Å². The standard InChI is InChI=1S/C8H8OS/c10-8-7-4-2-1-3-6(7)5-9-8/h3-4H,1-2,5H2. The second kappa shape index (κ2) is 2.20. The van der Waals surface area contributed by atoms with Gasteiger partial charge in [0.25, 0.3) is 0 Å². The van der Waals surface area contributed by atoms with Crippen LogP contribution in [0.25, 0.3) is 0 Å². The molecule has 0 saturated carbocycles. The van der Waals surface area contributed by atoms with Gasteiger partial charge in [-0.05, 0) is 30.6 Å².